The van der Waals surface area contributed by atoms with Gasteiger partial charge in [-0.2, -0.15) is 0 Å². The van der Waals surface area contributed by atoms with Crippen LogP contribution in [0.25, 0.3) is 0 Å². The molecule has 0 atom stereocenters. The molecule has 1 saturated carbocycles. The van der Waals surface area contributed by atoms with Gasteiger partial charge in [-0.15, -0.1) is 0 Å². The lowest BCUT2D eigenvalue weighted by Gasteiger charge is -2.26. The Bertz CT molecular complexity index is 183. The molecular formula is C13H28N2. The van der Waals surface area contributed by atoms with Gasteiger partial charge in [0, 0.05) is 18.6 Å². The quantitative estimate of drug-likeness (QED) is 0.607. The summed E-state index contributed by atoms with van der Waals surface area (Å²) in [5, 5.41) is 3.53. The van der Waals surface area contributed by atoms with Crippen LogP contribution < -0.4 is 11.1 Å². The van der Waals surface area contributed by atoms with Crippen LogP contribution in [0.15, 0.2) is 0 Å². The Morgan fingerprint density at radius 2 is 1.93 bits per heavy atom. The molecule has 0 aromatic rings. The van der Waals surface area contributed by atoms with E-state index in [0.717, 1.165) is 13.1 Å². The average Bonchev–Trinajstić information content (AvgIpc) is 2.83. The third kappa shape index (κ3) is 5.53. The molecule has 0 amide bonds. The minimum Gasteiger partial charge on any atom is -0.324 e. The van der Waals surface area contributed by atoms with E-state index in [4.69, 9.17) is 5.73 Å². The predicted octanol–water partition coefficient (Wildman–Crippen LogP) is 2.67. The van der Waals surface area contributed by atoms with Crippen LogP contribution in [0.3, 0.4) is 0 Å². The molecule has 0 heterocycles. The zero-order chi connectivity index (χ0) is 11.4. The summed E-state index contributed by atoms with van der Waals surface area (Å²) in [7, 11) is 0. The van der Waals surface area contributed by atoms with Gasteiger partial charge in [0.2, 0.25) is 0 Å². The predicted molar refractivity (Wildman–Crippen MR) is 66.9 cm³/mol. The number of unbranched alkanes of at least 4 members (excludes halogenated alkanes) is 2. The maximum atomic E-state index is 6.04. The standard InChI is InChI=1S/C13H28N2/c1-4-5-6-7-12(2,3)10-15-11-13(14)8-9-13/h15H,4-11,14H2,1-3H3. The van der Waals surface area contributed by atoms with Gasteiger partial charge in [0.1, 0.15) is 0 Å². The Balaban J connectivity index is 2.06. The number of hydrogen-bond acceptors (Lipinski definition) is 2. The van der Waals surface area contributed by atoms with Crippen molar-refractivity contribution < 1.29 is 0 Å². The van der Waals surface area contributed by atoms with Crippen LogP contribution >= 0.6 is 0 Å². The van der Waals surface area contributed by atoms with Crippen molar-refractivity contribution in [3.8, 4) is 0 Å². The van der Waals surface area contributed by atoms with Gasteiger partial charge in [-0.05, 0) is 24.7 Å². The molecule has 0 bridgehead atoms. The van der Waals surface area contributed by atoms with Gasteiger partial charge in [-0.3, -0.25) is 0 Å². The number of hydrogen-bond donors (Lipinski definition) is 2. The summed E-state index contributed by atoms with van der Waals surface area (Å²) in [6.07, 6.45) is 7.77. The molecule has 0 aromatic carbocycles. The Morgan fingerprint density at radius 3 is 2.47 bits per heavy atom. The molecule has 0 spiro atoms. The number of nitrogens with two attached hydrogens (primary N) is 1. The van der Waals surface area contributed by atoms with E-state index in [2.05, 4.69) is 26.1 Å². The molecular weight excluding hydrogens is 184 g/mol. The lowest BCUT2D eigenvalue weighted by Crippen LogP contribution is -2.40. The highest BCUT2D eigenvalue weighted by Gasteiger charge is 2.37. The van der Waals surface area contributed by atoms with E-state index >= 15 is 0 Å². The van der Waals surface area contributed by atoms with Gasteiger partial charge in [0.25, 0.3) is 0 Å². The first-order valence-electron chi connectivity index (χ1n) is 6.47. The maximum Gasteiger partial charge on any atom is 0.0282 e. The van der Waals surface area contributed by atoms with Crippen molar-refractivity contribution >= 4 is 0 Å². The van der Waals surface area contributed by atoms with E-state index < -0.39 is 0 Å². The average molecular weight is 212 g/mol. The molecule has 0 unspecified atom stereocenters. The van der Waals surface area contributed by atoms with E-state index in [1.165, 1.54) is 38.5 Å². The molecule has 90 valence electrons. The second kappa shape index (κ2) is 5.31. The van der Waals surface area contributed by atoms with E-state index in [1.807, 2.05) is 0 Å². The fraction of sp³-hybridized carbons (Fsp3) is 1.00. The molecule has 0 aromatic heterocycles. The number of nitrogens with one attached hydrogen (secondary N) is 1. The van der Waals surface area contributed by atoms with Crippen LogP contribution in [0.2, 0.25) is 0 Å². The van der Waals surface area contributed by atoms with Crippen LogP contribution in [0.1, 0.15) is 59.3 Å². The Hall–Kier alpha value is -0.0800. The second-order valence-electron chi connectivity index (χ2n) is 6.09. The van der Waals surface area contributed by atoms with Gasteiger partial charge in [-0.1, -0.05) is 40.0 Å². The molecule has 0 aliphatic heterocycles. The molecule has 1 rings (SSSR count). The molecule has 0 saturated heterocycles. The first-order chi connectivity index (χ1) is 6.97. The Morgan fingerprint density at radius 1 is 1.27 bits per heavy atom. The second-order valence-corrected chi connectivity index (χ2v) is 6.09. The minimum absolute atomic E-state index is 0.152. The Labute approximate surface area is 95.0 Å². The largest absolute Gasteiger partial charge is 0.324 e. The van der Waals surface area contributed by atoms with Gasteiger partial charge >= 0.3 is 0 Å². The first-order valence-corrected chi connectivity index (χ1v) is 6.47. The summed E-state index contributed by atoms with van der Waals surface area (Å²) in [4.78, 5) is 0. The van der Waals surface area contributed by atoms with Crippen molar-refractivity contribution in [3.05, 3.63) is 0 Å². The van der Waals surface area contributed by atoms with Crippen LogP contribution in [0, 0.1) is 5.41 Å². The zero-order valence-corrected chi connectivity index (χ0v) is 10.7. The van der Waals surface area contributed by atoms with E-state index in [0.29, 0.717) is 5.41 Å². The summed E-state index contributed by atoms with van der Waals surface area (Å²) >= 11 is 0. The van der Waals surface area contributed by atoms with Crippen molar-refractivity contribution in [1.82, 2.24) is 5.32 Å². The van der Waals surface area contributed by atoms with Gasteiger partial charge in [0.15, 0.2) is 0 Å². The highest BCUT2D eigenvalue weighted by molar-refractivity contribution is 5.00. The summed E-state index contributed by atoms with van der Waals surface area (Å²) in [5.41, 5.74) is 6.62. The fourth-order valence-corrected chi connectivity index (χ4v) is 1.93. The van der Waals surface area contributed by atoms with Crippen molar-refractivity contribution in [1.29, 1.82) is 0 Å². The number of rotatable bonds is 8. The summed E-state index contributed by atoms with van der Waals surface area (Å²) in [6.45, 7) is 9.08. The van der Waals surface area contributed by atoms with E-state index in [-0.39, 0.29) is 5.54 Å². The monoisotopic (exact) mass is 212 g/mol. The zero-order valence-electron chi connectivity index (χ0n) is 10.7. The maximum absolute atomic E-state index is 6.04. The summed E-state index contributed by atoms with van der Waals surface area (Å²) in [5.74, 6) is 0. The van der Waals surface area contributed by atoms with Crippen molar-refractivity contribution in [2.75, 3.05) is 13.1 Å². The van der Waals surface area contributed by atoms with E-state index in [1.54, 1.807) is 0 Å². The molecule has 1 aliphatic carbocycles. The molecule has 1 aliphatic rings. The highest BCUT2D eigenvalue weighted by atomic mass is 15.0. The molecule has 2 nitrogen and oxygen atoms in total. The topological polar surface area (TPSA) is 38.0 Å². The SMILES string of the molecule is CCCCCC(C)(C)CNCC1(N)CC1. The molecule has 0 radical (unpaired) electrons. The van der Waals surface area contributed by atoms with Crippen LogP contribution in [-0.4, -0.2) is 18.6 Å². The van der Waals surface area contributed by atoms with Crippen molar-refractivity contribution in [2.24, 2.45) is 11.1 Å². The van der Waals surface area contributed by atoms with Crippen molar-refractivity contribution in [2.45, 2.75) is 64.8 Å². The summed E-state index contributed by atoms with van der Waals surface area (Å²) in [6, 6.07) is 0. The lowest BCUT2D eigenvalue weighted by molar-refractivity contribution is 0.298. The normalized spacial score (nSPS) is 19.2. The van der Waals surface area contributed by atoms with Crippen LogP contribution in [0.4, 0.5) is 0 Å². The van der Waals surface area contributed by atoms with Gasteiger partial charge < -0.3 is 11.1 Å². The Kier molecular flexibility index (Phi) is 4.60. The van der Waals surface area contributed by atoms with Crippen molar-refractivity contribution in [3.63, 3.8) is 0 Å². The van der Waals surface area contributed by atoms with Gasteiger partial charge in [0.05, 0.1) is 0 Å². The first kappa shape index (κ1) is 13.0. The minimum atomic E-state index is 0.152. The highest BCUT2D eigenvalue weighted by Crippen LogP contribution is 2.31. The fourth-order valence-electron chi connectivity index (χ4n) is 1.93. The molecule has 2 heteroatoms. The lowest BCUT2D eigenvalue weighted by atomic mass is 9.87. The van der Waals surface area contributed by atoms with Crippen LogP contribution in [-0.2, 0) is 0 Å². The van der Waals surface area contributed by atoms with E-state index in [9.17, 15) is 0 Å². The van der Waals surface area contributed by atoms with Crippen LogP contribution in [0.5, 0.6) is 0 Å². The van der Waals surface area contributed by atoms with Gasteiger partial charge in [-0.25, -0.2) is 0 Å². The third-order valence-corrected chi connectivity index (χ3v) is 3.43. The molecule has 1 fully saturated rings. The summed E-state index contributed by atoms with van der Waals surface area (Å²) < 4.78 is 0. The smallest absolute Gasteiger partial charge is 0.0282 e. The molecule has 15 heavy (non-hydrogen) atoms. The third-order valence-electron chi connectivity index (χ3n) is 3.43. The molecule has 3 N–H and O–H groups in total.